The maximum absolute atomic E-state index is 5.63. The highest BCUT2D eigenvalue weighted by atomic mass is 32.2. The van der Waals surface area contributed by atoms with Crippen LogP contribution in [0.2, 0.25) is 0 Å². The quantitative estimate of drug-likeness (QED) is 0.498. The summed E-state index contributed by atoms with van der Waals surface area (Å²) in [4.78, 5) is 1.18. The Kier molecular flexibility index (Phi) is 4.98. The highest BCUT2D eigenvalue weighted by Crippen LogP contribution is 2.22. The van der Waals surface area contributed by atoms with Crippen LogP contribution in [0.15, 0.2) is 53.4 Å². The molecule has 0 unspecified atom stereocenters. The van der Waals surface area contributed by atoms with Gasteiger partial charge in [0.1, 0.15) is 11.5 Å². The number of thioether (sulfide) groups is 1. The first-order chi connectivity index (χ1) is 9.28. The van der Waals surface area contributed by atoms with Gasteiger partial charge in [-0.1, -0.05) is 6.07 Å². The second-order valence-corrected chi connectivity index (χ2v) is 5.11. The largest absolute Gasteiger partial charge is 0.497 e. The van der Waals surface area contributed by atoms with Crippen molar-refractivity contribution in [2.45, 2.75) is 4.90 Å². The molecule has 0 bridgehead atoms. The molecule has 19 heavy (non-hydrogen) atoms. The zero-order valence-corrected chi connectivity index (χ0v) is 11.7. The number of rotatable bonds is 6. The minimum absolute atomic E-state index is 0.659. The van der Waals surface area contributed by atoms with Crippen molar-refractivity contribution in [3.63, 3.8) is 0 Å². The number of ether oxygens (including phenoxy) is 2. The third-order valence-corrected chi connectivity index (χ3v) is 3.50. The van der Waals surface area contributed by atoms with Crippen LogP contribution >= 0.6 is 11.8 Å². The van der Waals surface area contributed by atoms with Crippen molar-refractivity contribution in [3.05, 3.63) is 48.5 Å². The molecule has 0 spiro atoms. The lowest BCUT2D eigenvalue weighted by Crippen LogP contribution is -2.00. The Morgan fingerprint density at radius 3 is 2.58 bits per heavy atom. The molecule has 3 nitrogen and oxygen atoms in total. The van der Waals surface area contributed by atoms with Crippen molar-refractivity contribution in [1.29, 1.82) is 0 Å². The molecule has 4 heteroatoms. The average molecular weight is 275 g/mol. The number of nitrogen functional groups attached to an aromatic ring is 1. The predicted molar refractivity (Wildman–Crippen MR) is 80.1 cm³/mol. The molecule has 0 atom stereocenters. The van der Waals surface area contributed by atoms with E-state index in [0.29, 0.717) is 6.61 Å². The Morgan fingerprint density at radius 2 is 1.84 bits per heavy atom. The smallest absolute Gasteiger partial charge is 0.119 e. The Bertz CT molecular complexity index is 514. The molecule has 0 aliphatic carbocycles. The van der Waals surface area contributed by atoms with E-state index in [-0.39, 0.29) is 0 Å². The van der Waals surface area contributed by atoms with Gasteiger partial charge >= 0.3 is 0 Å². The van der Waals surface area contributed by atoms with E-state index in [9.17, 15) is 0 Å². The normalized spacial score (nSPS) is 10.2. The number of methoxy groups -OCH3 is 1. The lowest BCUT2D eigenvalue weighted by Gasteiger charge is -2.07. The van der Waals surface area contributed by atoms with Gasteiger partial charge in [-0.05, 0) is 42.5 Å². The van der Waals surface area contributed by atoms with Gasteiger partial charge in [-0.3, -0.25) is 0 Å². The molecule has 0 heterocycles. The van der Waals surface area contributed by atoms with Crippen molar-refractivity contribution < 1.29 is 9.47 Å². The minimum Gasteiger partial charge on any atom is -0.497 e. The fourth-order valence-corrected chi connectivity index (χ4v) is 2.35. The molecule has 0 amide bonds. The third kappa shape index (κ3) is 4.41. The van der Waals surface area contributed by atoms with Gasteiger partial charge in [-0.15, -0.1) is 11.8 Å². The molecule has 0 saturated heterocycles. The van der Waals surface area contributed by atoms with Crippen LogP contribution in [0.3, 0.4) is 0 Å². The molecule has 0 radical (unpaired) electrons. The highest BCUT2D eigenvalue weighted by molar-refractivity contribution is 7.99. The predicted octanol–water partition coefficient (Wildman–Crippen LogP) is 3.45. The van der Waals surface area contributed by atoms with Gasteiger partial charge in [0.15, 0.2) is 0 Å². The summed E-state index contributed by atoms with van der Waals surface area (Å²) in [5.41, 5.74) is 6.36. The van der Waals surface area contributed by atoms with Crippen molar-refractivity contribution in [2.75, 3.05) is 25.2 Å². The van der Waals surface area contributed by atoms with Crippen molar-refractivity contribution in [1.82, 2.24) is 0 Å². The molecular weight excluding hydrogens is 258 g/mol. The van der Waals surface area contributed by atoms with Crippen LogP contribution in [0.5, 0.6) is 11.5 Å². The molecule has 0 saturated carbocycles. The fraction of sp³-hybridized carbons (Fsp3) is 0.200. The van der Waals surface area contributed by atoms with E-state index in [0.717, 1.165) is 22.9 Å². The molecule has 2 aromatic rings. The summed E-state index contributed by atoms with van der Waals surface area (Å²) in [6.45, 7) is 0.659. The maximum Gasteiger partial charge on any atom is 0.119 e. The molecule has 0 aromatic heterocycles. The lowest BCUT2D eigenvalue weighted by atomic mass is 10.3. The molecule has 0 aliphatic heterocycles. The van der Waals surface area contributed by atoms with Gasteiger partial charge in [0, 0.05) is 16.3 Å². The van der Waals surface area contributed by atoms with Crippen LogP contribution in [0.1, 0.15) is 0 Å². The standard InChI is InChI=1S/C15H17NO2S/c1-17-14-3-2-4-15(11-14)19-10-9-18-13-7-5-12(16)6-8-13/h2-8,11H,9-10,16H2,1H3. The number of hydrogen-bond donors (Lipinski definition) is 1. The molecule has 0 fully saturated rings. The topological polar surface area (TPSA) is 44.5 Å². The average Bonchev–Trinajstić information content (AvgIpc) is 2.46. The second kappa shape index (κ2) is 6.95. The molecule has 100 valence electrons. The van der Waals surface area contributed by atoms with Crippen LogP contribution in [0.4, 0.5) is 5.69 Å². The van der Waals surface area contributed by atoms with Crippen molar-refractivity contribution in [2.24, 2.45) is 0 Å². The van der Waals surface area contributed by atoms with Crippen LogP contribution in [-0.4, -0.2) is 19.5 Å². The lowest BCUT2D eigenvalue weighted by molar-refractivity contribution is 0.344. The summed E-state index contributed by atoms with van der Waals surface area (Å²) in [5.74, 6) is 2.61. The molecule has 2 N–H and O–H groups in total. The molecular formula is C15H17NO2S. The van der Waals surface area contributed by atoms with Crippen molar-refractivity contribution in [3.8, 4) is 11.5 Å². The Balaban J connectivity index is 1.75. The van der Waals surface area contributed by atoms with Gasteiger partial charge in [0.2, 0.25) is 0 Å². The van der Waals surface area contributed by atoms with Gasteiger partial charge in [-0.2, -0.15) is 0 Å². The number of nitrogens with two attached hydrogens (primary N) is 1. The Labute approximate surface area is 117 Å². The van der Waals surface area contributed by atoms with E-state index < -0.39 is 0 Å². The van der Waals surface area contributed by atoms with E-state index in [1.54, 1.807) is 18.9 Å². The first-order valence-electron chi connectivity index (χ1n) is 6.03. The zero-order chi connectivity index (χ0) is 13.5. The van der Waals surface area contributed by atoms with Crippen LogP contribution < -0.4 is 15.2 Å². The van der Waals surface area contributed by atoms with Crippen molar-refractivity contribution >= 4 is 17.4 Å². The van der Waals surface area contributed by atoms with Gasteiger partial charge < -0.3 is 15.2 Å². The fourth-order valence-electron chi connectivity index (χ4n) is 1.57. The summed E-state index contributed by atoms with van der Waals surface area (Å²) < 4.78 is 10.8. The number of benzene rings is 2. The van der Waals surface area contributed by atoms with Gasteiger partial charge in [0.05, 0.1) is 13.7 Å². The zero-order valence-electron chi connectivity index (χ0n) is 10.8. The molecule has 0 aliphatic rings. The Morgan fingerprint density at radius 1 is 1.05 bits per heavy atom. The molecule has 2 aromatic carbocycles. The summed E-state index contributed by atoms with van der Waals surface area (Å²) in [6.07, 6.45) is 0. The first kappa shape index (κ1) is 13.6. The van der Waals surface area contributed by atoms with E-state index in [2.05, 4.69) is 6.07 Å². The van der Waals surface area contributed by atoms with E-state index in [4.69, 9.17) is 15.2 Å². The number of hydrogen-bond acceptors (Lipinski definition) is 4. The van der Waals surface area contributed by atoms with Gasteiger partial charge in [-0.25, -0.2) is 0 Å². The van der Waals surface area contributed by atoms with E-state index >= 15 is 0 Å². The monoisotopic (exact) mass is 275 g/mol. The van der Waals surface area contributed by atoms with Gasteiger partial charge in [0.25, 0.3) is 0 Å². The van der Waals surface area contributed by atoms with E-state index in [1.165, 1.54) is 4.90 Å². The summed E-state index contributed by atoms with van der Waals surface area (Å²) in [7, 11) is 1.67. The minimum atomic E-state index is 0.659. The first-order valence-corrected chi connectivity index (χ1v) is 7.01. The number of anilines is 1. The molecule has 2 rings (SSSR count). The summed E-state index contributed by atoms with van der Waals surface area (Å²) in [6, 6.07) is 15.5. The Hall–Kier alpha value is -1.81. The summed E-state index contributed by atoms with van der Waals surface area (Å²) >= 11 is 1.74. The summed E-state index contributed by atoms with van der Waals surface area (Å²) in [5, 5.41) is 0. The van der Waals surface area contributed by atoms with E-state index in [1.807, 2.05) is 42.5 Å². The third-order valence-electron chi connectivity index (χ3n) is 2.54. The SMILES string of the molecule is COc1cccc(SCCOc2ccc(N)cc2)c1. The van der Waals surface area contributed by atoms with Crippen LogP contribution in [-0.2, 0) is 0 Å². The second-order valence-electron chi connectivity index (χ2n) is 3.94. The highest BCUT2D eigenvalue weighted by Gasteiger charge is 1.98. The van der Waals surface area contributed by atoms with Crippen LogP contribution in [0.25, 0.3) is 0 Å². The van der Waals surface area contributed by atoms with Crippen LogP contribution in [0, 0.1) is 0 Å². The maximum atomic E-state index is 5.63.